The number of hydrogen-bond acceptors (Lipinski definition) is 5. The minimum absolute atomic E-state index is 0.143. The molecule has 0 amide bonds. The quantitative estimate of drug-likeness (QED) is 0.812. The van der Waals surface area contributed by atoms with Gasteiger partial charge in [-0.1, -0.05) is 19.1 Å². The Kier molecular flexibility index (Phi) is 5.72. The van der Waals surface area contributed by atoms with Crippen LogP contribution in [0.3, 0.4) is 0 Å². The van der Waals surface area contributed by atoms with Gasteiger partial charge in [0.25, 0.3) is 0 Å². The molecule has 2 unspecified atom stereocenters. The molecule has 1 aromatic carbocycles. The second-order valence-electron chi connectivity index (χ2n) is 4.92. The van der Waals surface area contributed by atoms with E-state index in [-0.39, 0.29) is 17.5 Å². The van der Waals surface area contributed by atoms with Crippen LogP contribution in [0.5, 0.6) is 0 Å². The van der Waals surface area contributed by atoms with Gasteiger partial charge in [0, 0.05) is 6.54 Å². The highest BCUT2D eigenvalue weighted by Crippen LogP contribution is 2.19. The van der Waals surface area contributed by atoms with Gasteiger partial charge in [0.2, 0.25) is 10.0 Å². The lowest BCUT2D eigenvalue weighted by Gasteiger charge is -2.23. The number of benzene rings is 1. The van der Waals surface area contributed by atoms with Crippen LogP contribution in [0.1, 0.15) is 25.0 Å². The maximum absolute atomic E-state index is 12.2. The molecule has 0 bridgehead atoms. The molecule has 1 aliphatic rings. The van der Waals surface area contributed by atoms with E-state index >= 15 is 0 Å². The summed E-state index contributed by atoms with van der Waals surface area (Å²) in [6.07, 6.45) is -0.391. The summed E-state index contributed by atoms with van der Waals surface area (Å²) >= 11 is 0. The zero-order valence-electron chi connectivity index (χ0n) is 12.0. The van der Waals surface area contributed by atoms with Gasteiger partial charge in [0.15, 0.2) is 0 Å². The number of rotatable bonds is 6. The van der Waals surface area contributed by atoms with Crippen LogP contribution in [0.25, 0.3) is 0 Å². The minimum atomic E-state index is -3.62. The first-order valence-electron chi connectivity index (χ1n) is 7.00. The third-order valence-electron chi connectivity index (χ3n) is 3.33. The van der Waals surface area contributed by atoms with E-state index in [1.165, 1.54) is 12.1 Å². The van der Waals surface area contributed by atoms with Crippen LogP contribution in [0.2, 0.25) is 0 Å². The fourth-order valence-corrected chi connectivity index (χ4v) is 3.19. The molecule has 2 rings (SSSR count). The third kappa shape index (κ3) is 4.49. The Morgan fingerprint density at radius 3 is 2.90 bits per heavy atom. The molecule has 21 heavy (non-hydrogen) atoms. The van der Waals surface area contributed by atoms with Crippen molar-refractivity contribution in [3.63, 3.8) is 0 Å². The van der Waals surface area contributed by atoms with Crippen LogP contribution in [-0.4, -0.2) is 46.0 Å². The second-order valence-corrected chi connectivity index (χ2v) is 6.68. The average molecular weight is 315 g/mol. The van der Waals surface area contributed by atoms with Gasteiger partial charge in [-0.15, -0.1) is 0 Å². The van der Waals surface area contributed by atoms with Crippen LogP contribution in [-0.2, 0) is 19.5 Å². The number of aliphatic hydroxyl groups excluding tert-OH is 1. The van der Waals surface area contributed by atoms with E-state index in [9.17, 15) is 13.5 Å². The monoisotopic (exact) mass is 315 g/mol. The maximum atomic E-state index is 12.2. The number of aliphatic hydroxyl groups is 1. The van der Waals surface area contributed by atoms with Crippen LogP contribution < -0.4 is 4.72 Å². The zero-order chi connectivity index (χ0) is 15.3. The highest BCUT2D eigenvalue weighted by molar-refractivity contribution is 7.89. The molecule has 7 heteroatoms. The third-order valence-corrected chi connectivity index (χ3v) is 4.75. The Labute approximate surface area is 125 Å². The van der Waals surface area contributed by atoms with E-state index in [2.05, 4.69) is 4.72 Å². The predicted octanol–water partition coefficient (Wildman–Crippen LogP) is 0.824. The summed E-state index contributed by atoms with van der Waals surface area (Å²) in [6, 6.07) is 6.34. The lowest BCUT2D eigenvalue weighted by molar-refractivity contribution is -0.0846. The molecule has 0 radical (unpaired) electrons. The van der Waals surface area contributed by atoms with E-state index in [0.29, 0.717) is 31.8 Å². The van der Waals surface area contributed by atoms with E-state index in [1.807, 2.05) is 6.92 Å². The molecular weight excluding hydrogens is 294 g/mol. The zero-order valence-corrected chi connectivity index (χ0v) is 12.8. The lowest BCUT2D eigenvalue weighted by atomic mass is 10.1. The van der Waals surface area contributed by atoms with Gasteiger partial charge < -0.3 is 14.6 Å². The Hall–Kier alpha value is -0.990. The van der Waals surface area contributed by atoms with Crippen LogP contribution in [0, 0.1) is 0 Å². The normalized spacial score (nSPS) is 21.1. The van der Waals surface area contributed by atoms with Gasteiger partial charge in [0.05, 0.1) is 36.9 Å². The largest absolute Gasteiger partial charge is 0.388 e. The molecule has 0 aliphatic carbocycles. The van der Waals surface area contributed by atoms with Crippen molar-refractivity contribution in [1.82, 2.24) is 4.72 Å². The Morgan fingerprint density at radius 1 is 1.43 bits per heavy atom. The molecule has 1 aromatic rings. The van der Waals surface area contributed by atoms with Crippen molar-refractivity contribution in [3.05, 3.63) is 29.8 Å². The average Bonchev–Trinajstić information content (AvgIpc) is 2.53. The summed E-state index contributed by atoms with van der Waals surface area (Å²) < 4.78 is 37.6. The van der Waals surface area contributed by atoms with E-state index in [1.54, 1.807) is 12.1 Å². The summed E-state index contributed by atoms with van der Waals surface area (Å²) in [5.41, 5.74) is 0.595. The molecule has 1 aliphatic heterocycles. The van der Waals surface area contributed by atoms with Gasteiger partial charge in [-0.25, -0.2) is 13.1 Å². The van der Waals surface area contributed by atoms with Crippen molar-refractivity contribution in [2.45, 2.75) is 30.4 Å². The molecule has 0 aromatic heterocycles. The standard InChI is InChI=1S/C14H21NO5S/c1-2-14(16)11-4-3-5-13(8-11)21(17,18)15-9-12-10-19-6-7-20-12/h3-5,8,12,14-16H,2,6-7,9-10H2,1H3. The van der Waals surface area contributed by atoms with Crippen molar-refractivity contribution in [2.75, 3.05) is 26.4 Å². The van der Waals surface area contributed by atoms with Gasteiger partial charge in [-0.3, -0.25) is 0 Å². The van der Waals surface area contributed by atoms with Crippen LogP contribution in [0.15, 0.2) is 29.2 Å². The minimum Gasteiger partial charge on any atom is -0.388 e. The molecule has 1 saturated heterocycles. The lowest BCUT2D eigenvalue weighted by Crippen LogP contribution is -2.39. The maximum Gasteiger partial charge on any atom is 0.240 e. The van der Waals surface area contributed by atoms with E-state index < -0.39 is 16.1 Å². The first-order valence-corrected chi connectivity index (χ1v) is 8.48. The fraction of sp³-hybridized carbons (Fsp3) is 0.571. The van der Waals surface area contributed by atoms with Gasteiger partial charge >= 0.3 is 0 Å². The molecule has 0 saturated carbocycles. The number of hydrogen-bond donors (Lipinski definition) is 2. The topological polar surface area (TPSA) is 84.9 Å². The number of ether oxygens (including phenoxy) is 2. The first kappa shape index (κ1) is 16.4. The fourth-order valence-electron chi connectivity index (χ4n) is 2.07. The SMILES string of the molecule is CCC(O)c1cccc(S(=O)(=O)NCC2COCCO2)c1. The van der Waals surface area contributed by atoms with Gasteiger partial charge in [-0.2, -0.15) is 0 Å². The highest BCUT2D eigenvalue weighted by atomic mass is 32.2. The highest BCUT2D eigenvalue weighted by Gasteiger charge is 2.20. The number of nitrogens with one attached hydrogen (secondary N) is 1. The molecule has 6 nitrogen and oxygen atoms in total. The molecule has 2 N–H and O–H groups in total. The number of sulfonamides is 1. The molecule has 1 fully saturated rings. The van der Waals surface area contributed by atoms with Gasteiger partial charge in [-0.05, 0) is 24.1 Å². The van der Waals surface area contributed by atoms with Crippen molar-refractivity contribution in [3.8, 4) is 0 Å². The van der Waals surface area contributed by atoms with E-state index in [4.69, 9.17) is 9.47 Å². The van der Waals surface area contributed by atoms with Gasteiger partial charge in [0.1, 0.15) is 0 Å². The molecule has 118 valence electrons. The Balaban J connectivity index is 2.04. The molecule has 2 atom stereocenters. The Bertz CT molecular complexity index is 554. The molecule has 0 spiro atoms. The van der Waals surface area contributed by atoms with Crippen molar-refractivity contribution >= 4 is 10.0 Å². The summed E-state index contributed by atoms with van der Waals surface area (Å²) in [4.78, 5) is 0.143. The van der Waals surface area contributed by atoms with Crippen LogP contribution in [0.4, 0.5) is 0 Å². The van der Waals surface area contributed by atoms with Crippen LogP contribution >= 0.6 is 0 Å². The smallest absolute Gasteiger partial charge is 0.240 e. The van der Waals surface area contributed by atoms with Crippen molar-refractivity contribution < 1.29 is 23.0 Å². The molecular formula is C14H21NO5S. The first-order chi connectivity index (χ1) is 10.0. The Morgan fingerprint density at radius 2 is 2.24 bits per heavy atom. The summed E-state index contributed by atoms with van der Waals surface area (Å²) in [6.45, 7) is 3.41. The summed E-state index contributed by atoms with van der Waals surface area (Å²) in [5.74, 6) is 0. The van der Waals surface area contributed by atoms with Crippen molar-refractivity contribution in [2.24, 2.45) is 0 Å². The summed E-state index contributed by atoms with van der Waals surface area (Å²) in [7, 11) is -3.62. The molecule has 1 heterocycles. The predicted molar refractivity (Wildman–Crippen MR) is 77.4 cm³/mol. The van der Waals surface area contributed by atoms with E-state index in [0.717, 1.165) is 0 Å². The van der Waals surface area contributed by atoms with Crippen molar-refractivity contribution in [1.29, 1.82) is 0 Å². The second kappa shape index (κ2) is 7.33. The summed E-state index contributed by atoms with van der Waals surface area (Å²) in [5, 5.41) is 9.80.